The summed E-state index contributed by atoms with van der Waals surface area (Å²) in [6, 6.07) is 0. The molecule has 0 amide bonds. The van der Waals surface area contributed by atoms with E-state index in [2.05, 4.69) is 9.80 Å². The van der Waals surface area contributed by atoms with E-state index in [0.29, 0.717) is 130 Å². The summed E-state index contributed by atoms with van der Waals surface area (Å²) in [4.78, 5) is 4.50. The molecule has 2 rings (SSSR count). The Hall–Kier alpha value is 0.228. The summed E-state index contributed by atoms with van der Waals surface area (Å²) >= 11 is 0. The van der Waals surface area contributed by atoms with Crippen molar-refractivity contribution in [3.8, 4) is 0 Å². The van der Waals surface area contributed by atoms with Gasteiger partial charge in [0.15, 0.2) is 0 Å². The van der Waals surface area contributed by atoms with Gasteiger partial charge < -0.3 is 62.6 Å². The average Bonchev–Trinajstić information content (AvgIpc) is 3.07. The first-order valence-corrected chi connectivity index (χ1v) is 27.2. The van der Waals surface area contributed by atoms with E-state index in [-0.39, 0.29) is 12.2 Å². The Bertz CT molecular complexity index is 807. The maximum absolute atomic E-state index is 6.56. The quantitative estimate of drug-likeness (QED) is 0.0749. The van der Waals surface area contributed by atoms with Gasteiger partial charge in [0, 0.05) is 79.2 Å². The molecule has 2 saturated heterocycles. The summed E-state index contributed by atoms with van der Waals surface area (Å²) in [5.74, 6) is 0. The molecule has 0 spiro atoms. The molecule has 2 unspecified atom stereocenters. The van der Waals surface area contributed by atoms with Crippen LogP contribution in [0.15, 0.2) is 0 Å². The predicted octanol–water partition coefficient (Wildman–Crippen LogP) is 2.70. The van der Waals surface area contributed by atoms with Gasteiger partial charge in [-0.3, -0.25) is 9.80 Å². The van der Waals surface area contributed by atoms with Gasteiger partial charge in [-0.1, -0.05) is 0 Å². The molecule has 0 saturated carbocycles. The third kappa shape index (κ3) is 16.0. The lowest BCUT2D eigenvalue weighted by molar-refractivity contribution is -0.0737. The highest BCUT2D eigenvalue weighted by Gasteiger charge is 2.54. The second-order valence-electron chi connectivity index (χ2n) is 12.0. The largest absolute Gasteiger partial charge is 0.516 e. The predicted molar refractivity (Wildman–Crippen MR) is 204 cm³/mol. The molecule has 52 heavy (non-hydrogen) atoms. The Morgan fingerprint density at radius 2 is 0.750 bits per heavy atom. The van der Waals surface area contributed by atoms with E-state index >= 15 is 0 Å². The molecule has 2 atom stereocenters. The Kier molecular flexibility index (Phi) is 24.4. The van der Waals surface area contributed by atoms with Crippen LogP contribution in [0.5, 0.6) is 0 Å². The first kappa shape index (κ1) is 48.4. The molecular weight excluding hydrogens is 749 g/mol. The molecule has 20 heteroatoms. The van der Waals surface area contributed by atoms with Gasteiger partial charge >= 0.3 is 35.2 Å². The molecule has 0 radical (unpaired) electrons. The van der Waals surface area contributed by atoms with Gasteiger partial charge in [-0.15, -0.1) is 0 Å². The van der Waals surface area contributed by atoms with Crippen LogP contribution in [-0.4, -0.2) is 187 Å². The Morgan fingerprint density at radius 3 is 1.00 bits per heavy atom. The molecule has 0 aliphatic carbocycles. The highest BCUT2D eigenvalue weighted by molar-refractivity contribution is 6.63. The number of ether oxygens (including phenoxy) is 2. The normalized spacial score (nSPS) is 21.6. The summed E-state index contributed by atoms with van der Waals surface area (Å²) in [6.07, 6.45) is 1.50. The Morgan fingerprint density at radius 1 is 0.462 bits per heavy atom. The minimum Gasteiger partial charge on any atom is -0.376 e. The molecule has 2 heterocycles. The zero-order chi connectivity index (χ0) is 38.4. The van der Waals surface area contributed by atoms with Crippen molar-refractivity contribution in [3.63, 3.8) is 0 Å². The first-order valence-electron chi connectivity index (χ1n) is 19.5. The van der Waals surface area contributed by atoms with Crippen molar-refractivity contribution in [2.24, 2.45) is 0 Å². The third-order valence-corrected chi connectivity index (χ3v) is 19.9. The number of hydrogen-bond donors (Lipinski definition) is 0. The summed E-state index contributed by atoms with van der Waals surface area (Å²) < 4.78 is 87.3. The zero-order valence-electron chi connectivity index (χ0n) is 33.9. The number of rotatable bonds is 31. The molecule has 2 aliphatic rings. The lowest BCUT2D eigenvalue weighted by Crippen LogP contribution is -2.67. The van der Waals surface area contributed by atoms with Crippen LogP contribution in [0.3, 0.4) is 0 Å². The molecule has 310 valence electrons. The van der Waals surface area contributed by atoms with E-state index in [1.54, 1.807) is 0 Å². The average molecular weight is 821 g/mol. The van der Waals surface area contributed by atoms with Gasteiger partial charge in [-0.25, -0.2) is 0 Å². The molecule has 0 aromatic heterocycles. The van der Waals surface area contributed by atoms with E-state index < -0.39 is 35.2 Å². The smallest absolute Gasteiger partial charge is 0.376 e. The highest BCUT2D eigenvalue weighted by Crippen LogP contribution is 2.26. The van der Waals surface area contributed by atoms with E-state index in [9.17, 15) is 0 Å². The van der Waals surface area contributed by atoms with Crippen LogP contribution in [0.1, 0.15) is 69.2 Å². The SMILES string of the molecule is CCO[Si](CN1CC(COCCOCC2CN(C[Si](OCC)(OCC)OCC)C[Si](OCC)(OCC)O2)O[Si](OCC)(OCC)C1)(OCC)OCC. The van der Waals surface area contributed by atoms with Crippen molar-refractivity contribution in [1.29, 1.82) is 0 Å². The number of nitrogens with zero attached hydrogens (tertiary/aromatic N) is 2. The van der Waals surface area contributed by atoms with Crippen LogP contribution in [0.25, 0.3) is 0 Å². The van der Waals surface area contributed by atoms with Gasteiger partial charge in [0.25, 0.3) is 0 Å². The fourth-order valence-electron chi connectivity index (χ4n) is 6.54. The van der Waals surface area contributed by atoms with Crippen molar-refractivity contribution in [2.45, 2.75) is 81.4 Å². The van der Waals surface area contributed by atoms with Crippen molar-refractivity contribution in [1.82, 2.24) is 9.80 Å². The van der Waals surface area contributed by atoms with Gasteiger partial charge in [-0.05, 0) is 69.2 Å². The minimum atomic E-state index is -3.04. The molecule has 0 aromatic rings. The summed E-state index contributed by atoms with van der Waals surface area (Å²) in [6.45, 7) is 27.2. The second kappa shape index (κ2) is 26.2. The van der Waals surface area contributed by atoms with Gasteiger partial charge in [0.1, 0.15) is 0 Å². The third-order valence-electron chi connectivity index (χ3n) is 7.91. The fraction of sp³-hybridized carbons (Fsp3) is 1.00. The summed E-state index contributed by atoms with van der Waals surface area (Å²) in [5, 5.41) is 0. The van der Waals surface area contributed by atoms with Crippen LogP contribution in [0.4, 0.5) is 0 Å². The summed E-state index contributed by atoms with van der Waals surface area (Å²) in [7, 11) is -12.0. The van der Waals surface area contributed by atoms with Crippen LogP contribution in [0.2, 0.25) is 0 Å². The lowest BCUT2D eigenvalue weighted by Gasteiger charge is -2.44. The zero-order valence-corrected chi connectivity index (χ0v) is 37.9. The molecule has 0 N–H and O–H groups in total. The van der Waals surface area contributed by atoms with E-state index in [4.69, 9.17) is 62.6 Å². The van der Waals surface area contributed by atoms with Crippen LogP contribution >= 0.6 is 0 Å². The molecule has 0 aromatic carbocycles. The summed E-state index contributed by atoms with van der Waals surface area (Å²) in [5.41, 5.74) is 0. The van der Waals surface area contributed by atoms with Gasteiger partial charge in [0.05, 0.1) is 63.3 Å². The second-order valence-corrected chi connectivity index (χ2v) is 22.1. The maximum atomic E-state index is 6.56. The molecule has 2 aliphatic heterocycles. The van der Waals surface area contributed by atoms with Crippen LogP contribution < -0.4 is 0 Å². The number of hydrogen-bond acceptors (Lipinski definition) is 16. The maximum Gasteiger partial charge on any atom is 0.516 e. The minimum absolute atomic E-state index is 0.278. The van der Waals surface area contributed by atoms with Crippen molar-refractivity contribution in [3.05, 3.63) is 0 Å². The molecule has 16 nitrogen and oxygen atoms in total. The Labute approximate surface area is 318 Å². The molecular formula is C32H72N2O14Si4. The van der Waals surface area contributed by atoms with Gasteiger partial charge in [0.2, 0.25) is 0 Å². The van der Waals surface area contributed by atoms with E-state index in [1.165, 1.54) is 0 Å². The van der Waals surface area contributed by atoms with Crippen molar-refractivity contribution < 1.29 is 62.6 Å². The standard InChI is InChI=1S/C32H72N2O14Si4/c1-11-37-49(38-12-2,39-13-3)27-33-23-31(47-51(29-33,43-17-7)44-18-8)25-35-21-22-36-26-32-24-34(30-52(48-32,45-19-9)46-20-10)28-50(40-14-4,41-15-5)42-16-6/h31-32H,11-30H2,1-10H3. The van der Waals surface area contributed by atoms with Crippen LogP contribution in [0, 0.1) is 0 Å². The molecule has 0 bridgehead atoms. The topological polar surface area (TPSA) is 136 Å². The lowest BCUT2D eigenvalue weighted by atomic mass is 10.3. The van der Waals surface area contributed by atoms with Crippen LogP contribution in [-0.2, 0) is 62.6 Å². The highest BCUT2D eigenvalue weighted by atomic mass is 28.4. The van der Waals surface area contributed by atoms with Gasteiger partial charge in [-0.2, -0.15) is 0 Å². The van der Waals surface area contributed by atoms with E-state index in [0.717, 1.165) is 0 Å². The monoisotopic (exact) mass is 820 g/mol. The molecule has 2 fully saturated rings. The fourth-order valence-corrected chi connectivity index (χ4v) is 17.8. The van der Waals surface area contributed by atoms with E-state index in [1.807, 2.05) is 69.2 Å². The van der Waals surface area contributed by atoms with Crippen molar-refractivity contribution >= 4 is 35.2 Å². The van der Waals surface area contributed by atoms with Crippen molar-refractivity contribution in [2.75, 3.05) is 130 Å². The Balaban J connectivity index is 2.06. The first-order chi connectivity index (χ1) is 25.1.